The van der Waals surface area contributed by atoms with E-state index in [4.69, 9.17) is 10.5 Å². The van der Waals surface area contributed by atoms with E-state index >= 15 is 0 Å². The summed E-state index contributed by atoms with van der Waals surface area (Å²) in [6.45, 7) is 4.64. The number of carbonyl (C=O) groups excluding carboxylic acids is 2. The van der Waals surface area contributed by atoms with Crippen molar-refractivity contribution < 1.29 is 14.3 Å². The number of hydrogen-bond donors (Lipinski definition) is 2. The fourth-order valence-corrected chi connectivity index (χ4v) is 6.18. The van der Waals surface area contributed by atoms with Crippen molar-refractivity contribution in [3.63, 3.8) is 0 Å². The molecule has 52 heavy (non-hydrogen) atoms. The van der Waals surface area contributed by atoms with E-state index in [9.17, 15) is 14.4 Å². The third-order valence-electron chi connectivity index (χ3n) is 8.82. The number of anilines is 1. The molecule has 12 nitrogen and oxygen atoms in total. The Bertz CT molecular complexity index is 2310. The van der Waals surface area contributed by atoms with Gasteiger partial charge < -0.3 is 15.8 Å². The SMILES string of the molecule is CCCCCCCCC(=O)OCCn1cc(C#Cc2cccc3cc([C@H](C)NC(=O)c4c(N)nn5cccnc45)n(-c4ccccc4)c(=O)c23)cn1. The van der Waals surface area contributed by atoms with Crippen LogP contribution in [0.1, 0.15) is 92.0 Å². The lowest BCUT2D eigenvalue weighted by atomic mass is 10.0. The Morgan fingerprint density at radius 1 is 1.00 bits per heavy atom. The highest BCUT2D eigenvalue weighted by molar-refractivity contribution is 6.04. The lowest BCUT2D eigenvalue weighted by Crippen LogP contribution is -2.32. The Morgan fingerprint density at radius 3 is 2.63 bits per heavy atom. The van der Waals surface area contributed by atoms with Crippen LogP contribution in [0, 0.1) is 11.8 Å². The molecule has 0 radical (unpaired) electrons. The summed E-state index contributed by atoms with van der Waals surface area (Å²) in [5.74, 6) is 5.72. The molecular formula is C40H42N8O4. The van der Waals surface area contributed by atoms with Gasteiger partial charge in [0.25, 0.3) is 11.5 Å². The number of fused-ring (bicyclic) bond motifs is 2. The summed E-state index contributed by atoms with van der Waals surface area (Å²) in [5.41, 5.74) is 8.75. The molecule has 266 valence electrons. The zero-order valence-electron chi connectivity index (χ0n) is 29.4. The van der Waals surface area contributed by atoms with E-state index in [0.29, 0.717) is 51.9 Å². The van der Waals surface area contributed by atoms with Crippen LogP contribution in [0.2, 0.25) is 0 Å². The van der Waals surface area contributed by atoms with Crippen molar-refractivity contribution in [1.29, 1.82) is 0 Å². The van der Waals surface area contributed by atoms with Crippen LogP contribution in [0.3, 0.4) is 0 Å². The summed E-state index contributed by atoms with van der Waals surface area (Å²) in [4.78, 5) is 44.3. The number of benzene rings is 2. The largest absolute Gasteiger partial charge is 0.464 e. The molecule has 3 N–H and O–H groups in total. The molecule has 0 bridgehead atoms. The van der Waals surface area contributed by atoms with Crippen molar-refractivity contribution in [2.45, 2.75) is 71.4 Å². The monoisotopic (exact) mass is 698 g/mol. The van der Waals surface area contributed by atoms with Crippen molar-refractivity contribution in [3.05, 3.63) is 118 Å². The zero-order valence-corrected chi connectivity index (χ0v) is 29.4. The highest BCUT2D eigenvalue weighted by Gasteiger charge is 2.24. The Morgan fingerprint density at radius 2 is 1.81 bits per heavy atom. The third-order valence-corrected chi connectivity index (χ3v) is 8.82. The second-order valence-electron chi connectivity index (χ2n) is 12.6. The molecule has 0 saturated carbocycles. The van der Waals surface area contributed by atoms with Crippen molar-refractivity contribution in [2.24, 2.45) is 0 Å². The van der Waals surface area contributed by atoms with E-state index in [1.807, 2.05) is 61.5 Å². The first kappa shape index (κ1) is 35.6. The van der Waals surface area contributed by atoms with Gasteiger partial charge in [-0.2, -0.15) is 5.10 Å². The summed E-state index contributed by atoms with van der Waals surface area (Å²) < 4.78 is 10.1. The smallest absolute Gasteiger partial charge is 0.305 e. The zero-order chi connectivity index (χ0) is 36.5. The van der Waals surface area contributed by atoms with Crippen LogP contribution in [-0.2, 0) is 16.1 Å². The molecule has 0 aliphatic heterocycles. The van der Waals surface area contributed by atoms with Gasteiger partial charge >= 0.3 is 5.97 Å². The number of nitrogen functional groups attached to an aromatic ring is 1. The van der Waals surface area contributed by atoms with Gasteiger partial charge in [-0.25, -0.2) is 9.50 Å². The maximum absolute atomic E-state index is 14.4. The third kappa shape index (κ3) is 8.21. The first-order chi connectivity index (χ1) is 25.3. The minimum Gasteiger partial charge on any atom is -0.464 e. The highest BCUT2D eigenvalue weighted by Crippen LogP contribution is 2.24. The lowest BCUT2D eigenvalue weighted by Gasteiger charge is -2.21. The number of unbranched alkanes of at least 4 members (excludes halogenated alkanes) is 5. The van der Waals surface area contributed by atoms with Crippen LogP contribution in [0.5, 0.6) is 0 Å². The number of nitrogens with zero attached hydrogens (tertiary/aromatic N) is 6. The molecule has 0 aliphatic rings. The van der Waals surface area contributed by atoms with Gasteiger partial charge in [-0.3, -0.25) is 23.6 Å². The minimum absolute atomic E-state index is 0.0540. The molecule has 1 atom stereocenters. The number of hydrogen-bond acceptors (Lipinski definition) is 8. The molecule has 0 fully saturated rings. The summed E-state index contributed by atoms with van der Waals surface area (Å²) in [7, 11) is 0. The number of ether oxygens (including phenoxy) is 1. The number of carbonyl (C=O) groups is 2. The second kappa shape index (κ2) is 16.7. The average molecular weight is 699 g/mol. The normalized spacial score (nSPS) is 11.7. The van der Waals surface area contributed by atoms with E-state index in [1.165, 1.54) is 23.8 Å². The molecule has 4 aromatic heterocycles. The van der Waals surface area contributed by atoms with Crippen LogP contribution < -0.4 is 16.6 Å². The topological polar surface area (TPSA) is 151 Å². The Hall–Kier alpha value is -6.22. The Balaban J connectivity index is 1.21. The number of para-hydroxylation sites is 1. The molecule has 2 aromatic carbocycles. The predicted octanol–water partition coefficient (Wildman–Crippen LogP) is 6.00. The number of aromatic nitrogens is 6. The van der Waals surface area contributed by atoms with Crippen LogP contribution >= 0.6 is 0 Å². The van der Waals surface area contributed by atoms with Gasteiger partial charge in [0.05, 0.1) is 29.7 Å². The van der Waals surface area contributed by atoms with Crippen LogP contribution in [-0.4, -0.2) is 47.4 Å². The van der Waals surface area contributed by atoms with Gasteiger partial charge in [0, 0.05) is 42.0 Å². The van der Waals surface area contributed by atoms with E-state index < -0.39 is 11.9 Å². The number of esters is 1. The quantitative estimate of drug-likeness (QED) is 0.0799. The molecule has 0 aliphatic carbocycles. The number of amides is 1. The van der Waals surface area contributed by atoms with Crippen molar-refractivity contribution in [1.82, 2.24) is 34.3 Å². The van der Waals surface area contributed by atoms with Gasteiger partial charge in [0.15, 0.2) is 11.5 Å². The predicted molar refractivity (Wildman–Crippen MR) is 200 cm³/mol. The molecule has 1 amide bonds. The second-order valence-corrected chi connectivity index (χ2v) is 12.6. The molecule has 6 rings (SSSR count). The van der Waals surface area contributed by atoms with Gasteiger partial charge in [-0.05, 0) is 49.1 Å². The number of pyridine rings is 1. The number of nitrogens with two attached hydrogens (primary N) is 1. The van der Waals surface area contributed by atoms with Gasteiger partial charge in [0.2, 0.25) is 0 Å². The fraction of sp³-hybridized carbons (Fsp3) is 0.300. The fourth-order valence-electron chi connectivity index (χ4n) is 6.18. The van der Waals surface area contributed by atoms with Crippen molar-refractivity contribution >= 4 is 34.1 Å². The van der Waals surface area contributed by atoms with E-state index in [0.717, 1.165) is 19.3 Å². The Kier molecular flexibility index (Phi) is 11.4. The van der Waals surface area contributed by atoms with E-state index in [-0.39, 0.29) is 29.5 Å². The lowest BCUT2D eigenvalue weighted by molar-refractivity contribution is -0.144. The maximum atomic E-state index is 14.4. The summed E-state index contributed by atoms with van der Waals surface area (Å²) >= 11 is 0. The summed E-state index contributed by atoms with van der Waals surface area (Å²) in [6, 6.07) is 17.7. The molecule has 6 aromatic rings. The number of rotatable bonds is 14. The van der Waals surface area contributed by atoms with Gasteiger partial charge in [-0.15, -0.1) is 5.10 Å². The minimum atomic E-state index is -0.613. The maximum Gasteiger partial charge on any atom is 0.305 e. The van der Waals surface area contributed by atoms with E-state index in [2.05, 4.69) is 39.3 Å². The molecule has 0 saturated heterocycles. The standard InChI is InChI=1S/C40H42N8O4/c1-3-4-5-6-7-11-18-34(49)52-24-23-46-27-29(26-43-46)19-20-30-14-12-15-31-25-33(48(40(51)35(30)31)32-16-9-8-10-17-32)28(2)44-39(50)36-37(41)45-47-22-13-21-42-38(36)47/h8-10,12-17,21-22,25-28H,3-7,11,18,23-24H2,1-2H3,(H2,41,45)(H,44,50)/t28-/m0/s1. The molecule has 4 heterocycles. The summed E-state index contributed by atoms with van der Waals surface area (Å²) in [6.07, 6.45) is 13.8. The van der Waals surface area contributed by atoms with Gasteiger partial charge in [0.1, 0.15) is 12.2 Å². The molecule has 0 spiro atoms. The molecular weight excluding hydrogens is 656 g/mol. The summed E-state index contributed by atoms with van der Waals surface area (Å²) in [5, 5.41) is 12.7. The van der Waals surface area contributed by atoms with Gasteiger partial charge in [-0.1, -0.05) is 81.2 Å². The first-order valence-corrected chi connectivity index (χ1v) is 17.7. The Labute approximate surface area is 301 Å². The van der Waals surface area contributed by atoms with Crippen molar-refractivity contribution in [3.8, 4) is 17.5 Å². The van der Waals surface area contributed by atoms with Crippen LogP contribution in [0.25, 0.3) is 22.1 Å². The van der Waals surface area contributed by atoms with Crippen LogP contribution in [0.15, 0.2) is 90.2 Å². The van der Waals surface area contributed by atoms with Crippen molar-refractivity contribution in [2.75, 3.05) is 12.3 Å². The van der Waals surface area contributed by atoms with Crippen LogP contribution in [0.4, 0.5) is 5.82 Å². The van der Waals surface area contributed by atoms with E-state index in [1.54, 1.807) is 40.1 Å². The molecule has 0 unspecified atom stereocenters. The number of nitrogens with one attached hydrogen (secondary N) is 1. The molecule has 12 heteroatoms. The first-order valence-electron chi connectivity index (χ1n) is 17.7. The average Bonchev–Trinajstić information content (AvgIpc) is 3.75. The highest BCUT2D eigenvalue weighted by atomic mass is 16.5.